The molecule has 1 heterocycles. The normalized spacial score (nSPS) is 10.4. The fourth-order valence-electron chi connectivity index (χ4n) is 1.35. The average Bonchev–Trinajstić information content (AvgIpc) is 2.74. The third-order valence-corrected chi connectivity index (χ3v) is 2.91. The van der Waals surface area contributed by atoms with E-state index in [1.54, 1.807) is 29.1 Å². The molecule has 2 rings (SSSR count). The number of hydrogen-bond donors (Lipinski definition) is 2. The van der Waals surface area contributed by atoms with Crippen LogP contribution in [0.1, 0.15) is 5.56 Å². The molecule has 0 fully saturated rings. The van der Waals surface area contributed by atoms with Gasteiger partial charge in [-0.15, -0.1) is 0 Å². The number of nitrogens with two attached hydrogens (primary N) is 1. The molecule has 6 heteroatoms. The predicted octanol–water partition coefficient (Wildman–Crippen LogP) is 2.06. The number of imidazole rings is 1. The molecule has 0 aliphatic rings. The maximum atomic E-state index is 13.9. The van der Waals surface area contributed by atoms with Crippen molar-refractivity contribution in [3.63, 3.8) is 0 Å². The van der Waals surface area contributed by atoms with Gasteiger partial charge in [0.2, 0.25) is 0 Å². The fraction of sp³-hybridized carbons (Fsp3) is 0. The van der Waals surface area contributed by atoms with Crippen molar-refractivity contribution in [3.8, 4) is 5.69 Å². The topological polar surface area (TPSA) is 67.7 Å². The molecular formula is C10H8BrFN4. The number of aromatic nitrogens is 2. The van der Waals surface area contributed by atoms with Crippen LogP contribution < -0.4 is 5.73 Å². The Bertz CT molecular complexity index is 536. The van der Waals surface area contributed by atoms with Crippen molar-refractivity contribution in [2.45, 2.75) is 0 Å². The van der Waals surface area contributed by atoms with E-state index in [2.05, 4.69) is 20.9 Å². The van der Waals surface area contributed by atoms with Gasteiger partial charge in [-0.1, -0.05) is 0 Å². The Morgan fingerprint density at radius 1 is 1.50 bits per heavy atom. The minimum Gasteiger partial charge on any atom is -0.384 e. The molecule has 3 N–H and O–H groups in total. The highest BCUT2D eigenvalue weighted by Gasteiger charge is 2.13. The third kappa shape index (κ3) is 1.71. The number of nitrogens with one attached hydrogen (secondary N) is 1. The first-order chi connectivity index (χ1) is 7.61. The van der Waals surface area contributed by atoms with Crippen LogP contribution in [-0.2, 0) is 0 Å². The Morgan fingerprint density at radius 3 is 2.81 bits per heavy atom. The minimum absolute atomic E-state index is 0.178. The zero-order valence-corrected chi connectivity index (χ0v) is 9.70. The van der Waals surface area contributed by atoms with E-state index in [1.165, 1.54) is 6.33 Å². The van der Waals surface area contributed by atoms with Gasteiger partial charge < -0.3 is 10.3 Å². The number of rotatable bonds is 2. The SMILES string of the molecule is N=C(N)c1ccc(-n2ccnc2)c(F)c1Br. The van der Waals surface area contributed by atoms with Gasteiger partial charge >= 0.3 is 0 Å². The quantitative estimate of drug-likeness (QED) is 0.654. The zero-order valence-electron chi connectivity index (χ0n) is 8.11. The number of nitrogen functional groups attached to an aromatic ring is 1. The smallest absolute Gasteiger partial charge is 0.162 e. The van der Waals surface area contributed by atoms with Crippen molar-refractivity contribution in [2.75, 3.05) is 0 Å². The summed E-state index contributed by atoms with van der Waals surface area (Å²) in [6.07, 6.45) is 4.70. The van der Waals surface area contributed by atoms with Crippen LogP contribution in [0.25, 0.3) is 5.69 Å². The van der Waals surface area contributed by atoms with Crippen molar-refractivity contribution in [1.82, 2.24) is 9.55 Å². The number of amidine groups is 1. The Kier molecular flexibility index (Phi) is 2.74. The molecule has 0 aliphatic carbocycles. The second kappa shape index (κ2) is 4.05. The van der Waals surface area contributed by atoms with Gasteiger partial charge in [0.15, 0.2) is 5.82 Å². The number of halogens is 2. The number of benzene rings is 1. The molecule has 1 aromatic heterocycles. The molecule has 2 aromatic rings. The van der Waals surface area contributed by atoms with Crippen LogP contribution in [0.15, 0.2) is 35.3 Å². The summed E-state index contributed by atoms with van der Waals surface area (Å²) >= 11 is 3.09. The number of nitrogens with zero attached hydrogens (tertiary/aromatic N) is 2. The van der Waals surface area contributed by atoms with Gasteiger partial charge in [-0.25, -0.2) is 9.37 Å². The minimum atomic E-state index is -0.467. The van der Waals surface area contributed by atoms with Crippen molar-refractivity contribution in [2.24, 2.45) is 5.73 Å². The van der Waals surface area contributed by atoms with Gasteiger partial charge in [-0.05, 0) is 28.1 Å². The first-order valence-electron chi connectivity index (χ1n) is 4.42. The van der Waals surface area contributed by atoms with Gasteiger partial charge in [0.1, 0.15) is 5.84 Å². The fourth-order valence-corrected chi connectivity index (χ4v) is 1.90. The summed E-state index contributed by atoms with van der Waals surface area (Å²) in [5.74, 6) is -0.645. The van der Waals surface area contributed by atoms with Crippen LogP contribution in [0.4, 0.5) is 4.39 Å². The molecular weight excluding hydrogens is 275 g/mol. The molecule has 0 saturated heterocycles. The lowest BCUT2D eigenvalue weighted by Crippen LogP contribution is -2.13. The highest BCUT2D eigenvalue weighted by atomic mass is 79.9. The van der Waals surface area contributed by atoms with Crippen molar-refractivity contribution in [3.05, 3.63) is 46.7 Å². The second-order valence-electron chi connectivity index (χ2n) is 3.14. The highest BCUT2D eigenvalue weighted by molar-refractivity contribution is 9.10. The zero-order chi connectivity index (χ0) is 11.7. The Labute approximate surface area is 99.6 Å². The van der Waals surface area contributed by atoms with Crippen molar-refractivity contribution in [1.29, 1.82) is 5.41 Å². The third-order valence-electron chi connectivity index (χ3n) is 2.13. The molecule has 0 aliphatic heterocycles. The Balaban J connectivity index is 2.60. The molecule has 0 amide bonds. The van der Waals surface area contributed by atoms with E-state index in [-0.39, 0.29) is 10.3 Å². The Hall–Kier alpha value is -1.69. The summed E-state index contributed by atoms with van der Waals surface area (Å²) in [6.45, 7) is 0. The van der Waals surface area contributed by atoms with Crippen LogP contribution in [0.2, 0.25) is 0 Å². The van der Waals surface area contributed by atoms with E-state index in [0.29, 0.717) is 11.3 Å². The largest absolute Gasteiger partial charge is 0.384 e. The molecule has 0 radical (unpaired) electrons. The van der Waals surface area contributed by atoms with Crippen LogP contribution in [0.5, 0.6) is 0 Å². The lowest BCUT2D eigenvalue weighted by molar-refractivity contribution is 0.611. The summed E-state index contributed by atoms with van der Waals surface area (Å²) in [5, 5.41) is 7.28. The monoisotopic (exact) mass is 282 g/mol. The van der Waals surface area contributed by atoms with Crippen LogP contribution in [-0.4, -0.2) is 15.4 Å². The van der Waals surface area contributed by atoms with Crippen LogP contribution in [0, 0.1) is 11.2 Å². The van der Waals surface area contributed by atoms with Crippen molar-refractivity contribution < 1.29 is 4.39 Å². The molecule has 82 valence electrons. The molecule has 0 bridgehead atoms. The molecule has 1 aromatic carbocycles. The summed E-state index contributed by atoms with van der Waals surface area (Å²) in [6, 6.07) is 3.14. The van der Waals surface area contributed by atoms with Gasteiger partial charge in [-0.2, -0.15) is 0 Å². The standard InChI is InChI=1S/C10H8BrFN4/c11-8-6(10(13)14)1-2-7(9(8)12)16-4-3-15-5-16/h1-5H,(H3,13,14). The maximum Gasteiger partial charge on any atom is 0.162 e. The predicted molar refractivity (Wildman–Crippen MR) is 62.2 cm³/mol. The first kappa shape index (κ1) is 10.8. The molecule has 0 atom stereocenters. The lowest BCUT2D eigenvalue weighted by Gasteiger charge is -2.08. The van der Waals surface area contributed by atoms with E-state index in [0.717, 1.165) is 0 Å². The molecule has 16 heavy (non-hydrogen) atoms. The maximum absolute atomic E-state index is 13.9. The van der Waals surface area contributed by atoms with E-state index in [1.807, 2.05) is 0 Å². The summed E-state index contributed by atoms with van der Waals surface area (Å²) < 4.78 is 15.7. The van der Waals surface area contributed by atoms with E-state index >= 15 is 0 Å². The van der Waals surface area contributed by atoms with Crippen LogP contribution >= 0.6 is 15.9 Å². The summed E-state index contributed by atoms with van der Waals surface area (Å²) in [7, 11) is 0. The van der Waals surface area contributed by atoms with E-state index < -0.39 is 5.82 Å². The molecule has 0 unspecified atom stereocenters. The van der Waals surface area contributed by atoms with Gasteiger partial charge in [0, 0.05) is 18.0 Å². The molecule has 0 spiro atoms. The van der Waals surface area contributed by atoms with Crippen LogP contribution in [0.3, 0.4) is 0 Å². The number of hydrogen-bond acceptors (Lipinski definition) is 2. The van der Waals surface area contributed by atoms with E-state index in [9.17, 15) is 4.39 Å². The van der Waals surface area contributed by atoms with Gasteiger partial charge in [-0.3, -0.25) is 5.41 Å². The summed E-state index contributed by atoms with van der Waals surface area (Å²) in [5.41, 5.74) is 6.01. The average molecular weight is 283 g/mol. The lowest BCUT2D eigenvalue weighted by atomic mass is 10.2. The second-order valence-corrected chi connectivity index (χ2v) is 3.94. The molecule has 4 nitrogen and oxygen atoms in total. The highest BCUT2D eigenvalue weighted by Crippen LogP contribution is 2.25. The van der Waals surface area contributed by atoms with Gasteiger partial charge in [0.05, 0.1) is 16.5 Å². The van der Waals surface area contributed by atoms with E-state index in [4.69, 9.17) is 11.1 Å². The molecule has 0 saturated carbocycles. The van der Waals surface area contributed by atoms with Crippen molar-refractivity contribution >= 4 is 21.8 Å². The van der Waals surface area contributed by atoms with Gasteiger partial charge in [0.25, 0.3) is 0 Å². The first-order valence-corrected chi connectivity index (χ1v) is 5.21. The Morgan fingerprint density at radius 2 is 2.25 bits per heavy atom. The summed E-state index contributed by atoms with van der Waals surface area (Å²) in [4.78, 5) is 3.84.